The van der Waals surface area contributed by atoms with Gasteiger partial charge in [0.25, 0.3) is 0 Å². The van der Waals surface area contributed by atoms with E-state index in [4.69, 9.17) is 5.73 Å². The van der Waals surface area contributed by atoms with E-state index in [2.05, 4.69) is 12.0 Å². The average molecular weight is 153 g/mol. The Kier molecular flexibility index (Phi) is 2.00. The molecule has 0 spiro atoms. The molecule has 0 atom stereocenters. The second-order valence-electron chi connectivity index (χ2n) is 3.25. The van der Waals surface area contributed by atoms with Crippen LogP contribution in [-0.4, -0.2) is 9.78 Å². The summed E-state index contributed by atoms with van der Waals surface area (Å²) in [6.45, 7) is 6.90. The lowest BCUT2D eigenvalue weighted by molar-refractivity contribution is 0.476. The van der Waals surface area contributed by atoms with Gasteiger partial charge in [-0.3, -0.25) is 4.68 Å². The van der Waals surface area contributed by atoms with Crippen LogP contribution in [0.1, 0.15) is 26.5 Å². The molecule has 0 unspecified atom stereocenters. The molecular formula is C8H15N3. The Morgan fingerprint density at radius 2 is 2.27 bits per heavy atom. The summed E-state index contributed by atoms with van der Waals surface area (Å²) in [7, 11) is 0. The van der Waals surface area contributed by atoms with Crippen LogP contribution < -0.4 is 5.73 Å². The first-order valence-corrected chi connectivity index (χ1v) is 3.87. The van der Waals surface area contributed by atoms with Crippen molar-refractivity contribution in [2.45, 2.75) is 32.9 Å². The summed E-state index contributed by atoms with van der Waals surface area (Å²) in [4.78, 5) is 0. The fraction of sp³-hybridized carbons (Fsp3) is 0.625. The number of rotatable bonds is 2. The summed E-state index contributed by atoms with van der Waals surface area (Å²) in [6.07, 6.45) is 1.79. The average Bonchev–Trinajstić information content (AvgIpc) is 2.31. The van der Waals surface area contributed by atoms with Crippen LogP contribution in [0.25, 0.3) is 0 Å². The second-order valence-corrected chi connectivity index (χ2v) is 3.25. The van der Waals surface area contributed by atoms with Crippen LogP contribution in [0.15, 0.2) is 12.3 Å². The van der Waals surface area contributed by atoms with Gasteiger partial charge in [-0.2, -0.15) is 5.10 Å². The zero-order valence-corrected chi connectivity index (χ0v) is 7.33. The van der Waals surface area contributed by atoms with Crippen LogP contribution in [0.3, 0.4) is 0 Å². The molecule has 0 aliphatic carbocycles. The molecule has 0 amide bonds. The lowest BCUT2D eigenvalue weighted by Crippen LogP contribution is -2.31. The van der Waals surface area contributed by atoms with Crippen LogP contribution in [-0.2, 0) is 12.1 Å². The minimum Gasteiger partial charge on any atom is -0.321 e. The molecule has 1 aromatic heterocycles. The third-order valence-electron chi connectivity index (χ3n) is 1.68. The third kappa shape index (κ3) is 1.60. The molecule has 11 heavy (non-hydrogen) atoms. The highest BCUT2D eigenvalue weighted by molar-refractivity contribution is 5.10. The highest BCUT2D eigenvalue weighted by Gasteiger charge is 2.17. The van der Waals surface area contributed by atoms with Gasteiger partial charge < -0.3 is 5.73 Å². The zero-order valence-electron chi connectivity index (χ0n) is 7.33. The largest absolute Gasteiger partial charge is 0.321 e. The van der Waals surface area contributed by atoms with Gasteiger partial charge in [0, 0.05) is 12.7 Å². The van der Waals surface area contributed by atoms with Crippen molar-refractivity contribution in [2.24, 2.45) is 5.73 Å². The standard InChI is InChI=1S/C8H15N3/c1-4-11-7(5-6-10-11)8(2,3)9/h5-6H,4,9H2,1-3H3. The fourth-order valence-electron chi connectivity index (χ4n) is 1.13. The number of aromatic nitrogens is 2. The molecule has 1 rings (SSSR count). The Balaban J connectivity index is 3.02. The predicted octanol–water partition coefficient (Wildman–Crippen LogP) is 1.10. The van der Waals surface area contributed by atoms with E-state index in [1.807, 2.05) is 24.6 Å². The quantitative estimate of drug-likeness (QED) is 0.691. The van der Waals surface area contributed by atoms with Crippen molar-refractivity contribution in [3.8, 4) is 0 Å². The van der Waals surface area contributed by atoms with Crippen LogP contribution in [0.2, 0.25) is 0 Å². The Morgan fingerprint density at radius 1 is 1.64 bits per heavy atom. The molecule has 1 aromatic rings. The van der Waals surface area contributed by atoms with Gasteiger partial charge in [0.1, 0.15) is 0 Å². The van der Waals surface area contributed by atoms with E-state index < -0.39 is 0 Å². The van der Waals surface area contributed by atoms with Crippen molar-refractivity contribution in [2.75, 3.05) is 0 Å². The van der Waals surface area contributed by atoms with E-state index in [1.165, 1.54) is 0 Å². The van der Waals surface area contributed by atoms with Crippen molar-refractivity contribution in [3.63, 3.8) is 0 Å². The first kappa shape index (κ1) is 8.27. The molecule has 1 heterocycles. The van der Waals surface area contributed by atoms with E-state index >= 15 is 0 Å². The zero-order chi connectivity index (χ0) is 8.48. The molecule has 0 aromatic carbocycles. The van der Waals surface area contributed by atoms with Gasteiger partial charge >= 0.3 is 0 Å². The molecule has 2 N–H and O–H groups in total. The maximum Gasteiger partial charge on any atom is 0.0577 e. The summed E-state index contributed by atoms with van der Waals surface area (Å²) in [5.74, 6) is 0. The number of aryl methyl sites for hydroxylation is 1. The van der Waals surface area contributed by atoms with E-state index in [-0.39, 0.29) is 5.54 Å². The Hall–Kier alpha value is -0.830. The van der Waals surface area contributed by atoms with Gasteiger partial charge in [-0.1, -0.05) is 0 Å². The fourth-order valence-corrected chi connectivity index (χ4v) is 1.13. The maximum atomic E-state index is 5.92. The first-order chi connectivity index (χ1) is 5.05. The van der Waals surface area contributed by atoms with E-state index in [1.54, 1.807) is 6.20 Å². The molecule has 0 radical (unpaired) electrons. The van der Waals surface area contributed by atoms with Gasteiger partial charge in [0.2, 0.25) is 0 Å². The molecule has 0 bridgehead atoms. The van der Waals surface area contributed by atoms with Gasteiger partial charge in [-0.15, -0.1) is 0 Å². The molecule has 3 heteroatoms. The summed E-state index contributed by atoms with van der Waals surface area (Å²) in [5, 5.41) is 4.14. The summed E-state index contributed by atoms with van der Waals surface area (Å²) < 4.78 is 1.92. The maximum absolute atomic E-state index is 5.92. The molecule has 0 aliphatic rings. The normalized spacial score (nSPS) is 12.0. The molecule has 0 saturated heterocycles. The molecule has 62 valence electrons. The molecule has 0 saturated carbocycles. The highest BCUT2D eigenvalue weighted by atomic mass is 15.3. The summed E-state index contributed by atoms with van der Waals surface area (Å²) in [6, 6.07) is 1.96. The first-order valence-electron chi connectivity index (χ1n) is 3.87. The Labute approximate surface area is 67.2 Å². The van der Waals surface area contributed by atoms with Crippen molar-refractivity contribution in [1.82, 2.24) is 9.78 Å². The smallest absolute Gasteiger partial charge is 0.0577 e. The van der Waals surface area contributed by atoms with Crippen molar-refractivity contribution >= 4 is 0 Å². The van der Waals surface area contributed by atoms with Gasteiger partial charge in [-0.05, 0) is 26.8 Å². The minimum absolute atomic E-state index is 0.285. The SMILES string of the molecule is CCn1nccc1C(C)(C)N. The summed E-state index contributed by atoms with van der Waals surface area (Å²) in [5.41, 5.74) is 6.71. The van der Waals surface area contributed by atoms with Gasteiger partial charge in [-0.25, -0.2) is 0 Å². The highest BCUT2D eigenvalue weighted by Crippen LogP contribution is 2.15. The molecule has 0 fully saturated rings. The number of hydrogen-bond donors (Lipinski definition) is 1. The minimum atomic E-state index is -0.285. The summed E-state index contributed by atoms with van der Waals surface area (Å²) >= 11 is 0. The third-order valence-corrected chi connectivity index (χ3v) is 1.68. The lowest BCUT2D eigenvalue weighted by Gasteiger charge is -2.19. The van der Waals surface area contributed by atoms with Crippen molar-refractivity contribution in [1.29, 1.82) is 0 Å². The van der Waals surface area contributed by atoms with Crippen LogP contribution in [0, 0.1) is 0 Å². The molecular weight excluding hydrogens is 138 g/mol. The van der Waals surface area contributed by atoms with Gasteiger partial charge in [0.05, 0.1) is 11.2 Å². The van der Waals surface area contributed by atoms with Gasteiger partial charge in [0.15, 0.2) is 0 Å². The van der Waals surface area contributed by atoms with Crippen LogP contribution in [0.5, 0.6) is 0 Å². The Bertz CT molecular complexity index is 232. The monoisotopic (exact) mass is 153 g/mol. The van der Waals surface area contributed by atoms with Crippen molar-refractivity contribution < 1.29 is 0 Å². The topological polar surface area (TPSA) is 43.8 Å². The predicted molar refractivity (Wildman–Crippen MR) is 45.1 cm³/mol. The molecule has 0 aliphatic heterocycles. The lowest BCUT2D eigenvalue weighted by atomic mass is 10.0. The van der Waals surface area contributed by atoms with Crippen LogP contribution in [0.4, 0.5) is 0 Å². The van der Waals surface area contributed by atoms with Crippen molar-refractivity contribution in [3.05, 3.63) is 18.0 Å². The second kappa shape index (κ2) is 2.66. The van der Waals surface area contributed by atoms with Crippen LogP contribution >= 0.6 is 0 Å². The number of nitrogens with two attached hydrogens (primary N) is 1. The molecule has 3 nitrogen and oxygen atoms in total. The Morgan fingerprint density at radius 3 is 2.64 bits per heavy atom. The number of nitrogens with zero attached hydrogens (tertiary/aromatic N) is 2. The van der Waals surface area contributed by atoms with E-state index in [0.29, 0.717) is 0 Å². The van der Waals surface area contributed by atoms with E-state index in [9.17, 15) is 0 Å². The van der Waals surface area contributed by atoms with E-state index in [0.717, 1.165) is 12.2 Å². The number of hydrogen-bond acceptors (Lipinski definition) is 2.